The highest BCUT2D eigenvalue weighted by Crippen LogP contribution is 2.22. The van der Waals surface area contributed by atoms with Crippen LogP contribution in [0.4, 0.5) is 5.13 Å². The molecule has 0 radical (unpaired) electrons. The highest BCUT2D eigenvalue weighted by atomic mass is 32.1. The van der Waals surface area contributed by atoms with Crippen LogP contribution < -0.4 is 10.7 Å². The Labute approximate surface area is 130 Å². The molecule has 0 bridgehead atoms. The minimum absolute atomic E-state index is 0.0214. The van der Waals surface area contributed by atoms with Crippen LogP contribution in [0.3, 0.4) is 0 Å². The van der Waals surface area contributed by atoms with E-state index in [1.165, 1.54) is 17.4 Å². The third kappa shape index (κ3) is 2.65. The van der Waals surface area contributed by atoms with E-state index >= 15 is 0 Å². The van der Waals surface area contributed by atoms with Crippen molar-refractivity contribution >= 4 is 33.3 Å². The second-order valence-corrected chi connectivity index (χ2v) is 6.29. The Hall–Kier alpha value is -2.47. The van der Waals surface area contributed by atoms with E-state index in [1.54, 1.807) is 12.1 Å². The van der Waals surface area contributed by atoms with Crippen LogP contribution in [0.5, 0.6) is 0 Å². The van der Waals surface area contributed by atoms with Crippen molar-refractivity contribution in [3.63, 3.8) is 0 Å². The van der Waals surface area contributed by atoms with Crippen molar-refractivity contribution in [3.05, 3.63) is 56.4 Å². The molecule has 6 heteroatoms. The number of thiazole rings is 1. The van der Waals surface area contributed by atoms with Crippen LogP contribution in [-0.2, 0) is 0 Å². The normalized spacial score (nSPS) is 10.9. The number of fused-ring (bicyclic) bond motifs is 1. The molecular formula is C16H14N2O3S. The first-order valence-corrected chi connectivity index (χ1v) is 7.55. The van der Waals surface area contributed by atoms with Crippen LogP contribution in [-0.4, -0.2) is 10.9 Å². The average molecular weight is 314 g/mol. The van der Waals surface area contributed by atoms with E-state index in [2.05, 4.69) is 10.3 Å². The van der Waals surface area contributed by atoms with Crippen molar-refractivity contribution in [1.82, 2.24) is 4.98 Å². The van der Waals surface area contributed by atoms with E-state index in [1.807, 2.05) is 26.8 Å². The summed E-state index contributed by atoms with van der Waals surface area (Å²) in [6.45, 7) is 5.70. The standard InChI is InChI=1S/C16H14N2O3S/c1-8-4-5-13-11(6-8)12(19)7-14(21-13)15(20)18-16-17-9(2)10(3)22-16/h4-7H,1-3H3,(H,17,18,20). The second kappa shape index (κ2) is 5.38. The molecule has 22 heavy (non-hydrogen) atoms. The smallest absolute Gasteiger partial charge is 0.293 e. The van der Waals surface area contributed by atoms with E-state index in [9.17, 15) is 9.59 Å². The third-order valence-electron chi connectivity index (χ3n) is 3.36. The summed E-state index contributed by atoms with van der Waals surface area (Å²) >= 11 is 1.38. The van der Waals surface area contributed by atoms with Crippen LogP contribution in [0.1, 0.15) is 26.7 Å². The lowest BCUT2D eigenvalue weighted by Gasteiger charge is -2.03. The van der Waals surface area contributed by atoms with Crippen LogP contribution in [0, 0.1) is 20.8 Å². The summed E-state index contributed by atoms with van der Waals surface area (Å²) in [5.41, 5.74) is 2.00. The van der Waals surface area contributed by atoms with E-state index < -0.39 is 5.91 Å². The molecule has 0 fully saturated rings. The summed E-state index contributed by atoms with van der Waals surface area (Å²) in [6.07, 6.45) is 0. The second-order valence-electron chi connectivity index (χ2n) is 5.09. The summed E-state index contributed by atoms with van der Waals surface area (Å²) < 4.78 is 5.53. The Kier molecular flexibility index (Phi) is 3.54. The van der Waals surface area contributed by atoms with Crippen molar-refractivity contribution < 1.29 is 9.21 Å². The topological polar surface area (TPSA) is 72.2 Å². The number of hydrogen-bond acceptors (Lipinski definition) is 5. The summed E-state index contributed by atoms with van der Waals surface area (Å²) in [5.74, 6) is -0.500. The minimum Gasteiger partial charge on any atom is -0.451 e. The monoisotopic (exact) mass is 314 g/mol. The van der Waals surface area contributed by atoms with Crippen LogP contribution in [0.25, 0.3) is 11.0 Å². The number of benzene rings is 1. The molecule has 0 spiro atoms. The summed E-state index contributed by atoms with van der Waals surface area (Å²) in [4.78, 5) is 29.6. The van der Waals surface area contributed by atoms with Gasteiger partial charge in [-0.05, 0) is 32.9 Å². The van der Waals surface area contributed by atoms with Gasteiger partial charge in [0, 0.05) is 10.9 Å². The molecule has 112 valence electrons. The molecule has 0 aliphatic carbocycles. The summed E-state index contributed by atoms with van der Waals surface area (Å²) in [6, 6.07) is 6.49. The van der Waals surface area contributed by atoms with Gasteiger partial charge >= 0.3 is 0 Å². The van der Waals surface area contributed by atoms with Gasteiger partial charge in [-0.25, -0.2) is 4.98 Å². The van der Waals surface area contributed by atoms with Crippen molar-refractivity contribution in [1.29, 1.82) is 0 Å². The number of aromatic nitrogens is 1. The van der Waals surface area contributed by atoms with Crippen LogP contribution in [0.2, 0.25) is 0 Å². The Bertz CT molecular complexity index is 921. The average Bonchev–Trinajstić information content (AvgIpc) is 2.77. The number of nitrogens with one attached hydrogen (secondary N) is 1. The minimum atomic E-state index is -0.478. The first-order chi connectivity index (χ1) is 10.4. The number of carbonyl (C=O) groups excluding carboxylic acids is 1. The van der Waals surface area contributed by atoms with Gasteiger partial charge in [0.25, 0.3) is 5.91 Å². The molecule has 3 rings (SSSR count). The number of carbonyl (C=O) groups is 1. The lowest BCUT2D eigenvalue weighted by atomic mass is 10.1. The van der Waals surface area contributed by atoms with E-state index in [0.29, 0.717) is 16.1 Å². The summed E-state index contributed by atoms with van der Waals surface area (Å²) in [7, 11) is 0. The van der Waals surface area contributed by atoms with Crippen molar-refractivity contribution in [2.45, 2.75) is 20.8 Å². The lowest BCUT2D eigenvalue weighted by molar-refractivity contribution is 0.0997. The number of anilines is 1. The number of nitrogens with zero attached hydrogens (tertiary/aromatic N) is 1. The maximum atomic E-state index is 12.2. The molecule has 0 aliphatic rings. The Morgan fingerprint density at radius 2 is 2.00 bits per heavy atom. The van der Waals surface area contributed by atoms with Gasteiger partial charge in [-0.3, -0.25) is 14.9 Å². The molecule has 5 nitrogen and oxygen atoms in total. The molecule has 1 aromatic carbocycles. The van der Waals surface area contributed by atoms with Crippen LogP contribution >= 0.6 is 11.3 Å². The highest BCUT2D eigenvalue weighted by molar-refractivity contribution is 7.15. The van der Waals surface area contributed by atoms with Gasteiger partial charge < -0.3 is 4.42 Å². The van der Waals surface area contributed by atoms with Crippen LogP contribution in [0.15, 0.2) is 33.5 Å². The molecule has 1 amide bonds. The molecule has 1 N–H and O–H groups in total. The van der Waals surface area contributed by atoms with Gasteiger partial charge in [-0.15, -0.1) is 11.3 Å². The predicted octanol–water partition coefficient (Wildman–Crippen LogP) is 3.43. The SMILES string of the molecule is Cc1ccc2oc(C(=O)Nc3nc(C)c(C)s3)cc(=O)c2c1. The molecule has 2 aromatic heterocycles. The lowest BCUT2D eigenvalue weighted by Crippen LogP contribution is -2.14. The maximum absolute atomic E-state index is 12.2. The van der Waals surface area contributed by atoms with E-state index in [4.69, 9.17) is 4.42 Å². The number of aryl methyl sites for hydroxylation is 3. The fourth-order valence-electron chi connectivity index (χ4n) is 2.07. The number of rotatable bonds is 2. The molecular weight excluding hydrogens is 300 g/mol. The van der Waals surface area contributed by atoms with E-state index in [0.717, 1.165) is 16.1 Å². The quantitative estimate of drug-likeness (QED) is 0.786. The zero-order valence-electron chi connectivity index (χ0n) is 12.4. The van der Waals surface area contributed by atoms with Gasteiger partial charge in [0.15, 0.2) is 16.3 Å². The maximum Gasteiger partial charge on any atom is 0.293 e. The molecule has 0 atom stereocenters. The molecule has 2 heterocycles. The number of hydrogen-bond donors (Lipinski definition) is 1. The molecule has 3 aromatic rings. The van der Waals surface area contributed by atoms with Gasteiger partial charge in [-0.2, -0.15) is 0 Å². The fourth-order valence-corrected chi connectivity index (χ4v) is 2.88. The third-order valence-corrected chi connectivity index (χ3v) is 4.34. The fraction of sp³-hybridized carbons (Fsp3) is 0.188. The zero-order chi connectivity index (χ0) is 15.9. The van der Waals surface area contributed by atoms with Gasteiger partial charge in [0.1, 0.15) is 5.58 Å². The summed E-state index contributed by atoms with van der Waals surface area (Å²) in [5, 5.41) is 3.62. The highest BCUT2D eigenvalue weighted by Gasteiger charge is 2.14. The first-order valence-electron chi connectivity index (χ1n) is 6.74. The largest absolute Gasteiger partial charge is 0.451 e. The zero-order valence-corrected chi connectivity index (χ0v) is 13.2. The van der Waals surface area contributed by atoms with Crippen molar-refractivity contribution in [2.75, 3.05) is 5.32 Å². The van der Waals surface area contributed by atoms with Gasteiger partial charge in [0.05, 0.1) is 11.1 Å². The van der Waals surface area contributed by atoms with Crippen molar-refractivity contribution in [2.24, 2.45) is 0 Å². The number of amides is 1. The first kappa shape index (κ1) is 14.5. The van der Waals surface area contributed by atoms with Crippen molar-refractivity contribution in [3.8, 4) is 0 Å². The predicted molar refractivity (Wildman–Crippen MR) is 86.8 cm³/mol. The molecule has 0 saturated heterocycles. The van der Waals surface area contributed by atoms with E-state index in [-0.39, 0.29) is 11.2 Å². The Morgan fingerprint density at radius 3 is 2.68 bits per heavy atom. The van der Waals surface area contributed by atoms with Gasteiger partial charge in [-0.1, -0.05) is 11.6 Å². The molecule has 0 unspecified atom stereocenters. The molecule has 0 aliphatic heterocycles. The Morgan fingerprint density at radius 1 is 1.23 bits per heavy atom. The van der Waals surface area contributed by atoms with Gasteiger partial charge in [0.2, 0.25) is 0 Å². The Balaban J connectivity index is 1.97. The molecule has 0 saturated carbocycles.